The van der Waals surface area contributed by atoms with Crippen LogP contribution in [0.3, 0.4) is 0 Å². The van der Waals surface area contributed by atoms with Gasteiger partial charge in [0, 0.05) is 11.9 Å². The summed E-state index contributed by atoms with van der Waals surface area (Å²) in [5.41, 5.74) is 1.16. The van der Waals surface area contributed by atoms with Crippen LogP contribution in [0.5, 0.6) is 0 Å². The van der Waals surface area contributed by atoms with Gasteiger partial charge in [0.15, 0.2) is 0 Å². The van der Waals surface area contributed by atoms with Gasteiger partial charge in [0.25, 0.3) is 0 Å². The molecule has 0 aliphatic rings. The van der Waals surface area contributed by atoms with Crippen LogP contribution in [0.2, 0.25) is 0 Å². The van der Waals surface area contributed by atoms with Crippen molar-refractivity contribution < 1.29 is 16.8 Å². The molecule has 2 heteroatoms. The minimum atomic E-state index is 0. The average Bonchev–Trinajstić information content (AvgIpc) is 1.90. The van der Waals surface area contributed by atoms with Gasteiger partial charge in [0.1, 0.15) is 0 Å². The quantitative estimate of drug-likeness (QED) is 0.645. The van der Waals surface area contributed by atoms with Crippen LogP contribution in [0.25, 0.3) is 0 Å². The third-order valence-corrected chi connectivity index (χ3v) is 1.28. The molecule has 0 saturated carbocycles. The average molecular weight is 180 g/mol. The third kappa shape index (κ3) is 2.50. The topological polar surface area (TPSA) is 12.9 Å². The Morgan fingerprint density at radius 3 is 2.30 bits per heavy atom. The Labute approximate surface area is 72.1 Å². The van der Waals surface area contributed by atoms with Gasteiger partial charge in [-0.15, -0.1) is 0 Å². The van der Waals surface area contributed by atoms with Gasteiger partial charge >= 0.3 is 16.8 Å². The van der Waals surface area contributed by atoms with Crippen molar-refractivity contribution in [3.8, 4) is 0 Å². The first-order valence-corrected chi connectivity index (χ1v) is 3.21. The fraction of sp³-hybridized carbons (Fsp3) is 0.375. The number of hydrogen-bond acceptors (Lipinski definition) is 1. The molecule has 0 aliphatic heterocycles. The van der Waals surface area contributed by atoms with Crippen LogP contribution in [0.15, 0.2) is 24.4 Å². The minimum Gasteiger partial charge on any atom is -0.261 e. The Morgan fingerprint density at radius 1 is 1.30 bits per heavy atom. The molecule has 0 bridgehead atoms. The molecule has 0 fully saturated rings. The van der Waals surface area contributed by atoms with E-state index in [0.717, 1.165) is 5.69 Å². The van der Waals surface area contributed by atoms with Crippen molar-refractivity contribution in [3.63, 3.8) is 0 Å². The van der Waals surface area contributed by atoms with Crippen LogP contribution < -0.4 is 0 Å². The molecule has 1 radical (unpaired) electrons. The van der Waals surface area contributed by atoms with E-state index in [4.69, 9.17) is 0 Å². The van der Waals surface area contributed by atoms with Crippen molar-refractivity contribution in [3.05, 3.63) is 30.1 Å². The summed E-state index contributed by atoms with van der Waals surface area (Å²) in [6, 6.07) is 6.00. The van der Waals surface area contributed by atoms with E-state index in [-0.39, 0.29) is 16.8 Å². The van der Waals surface area contributed by atoms with Crippen molar-refractivity contribution in [1.82, 2.24) is 4.98 Å². The van der Waals surface area contributed by atoms with Crippen molar-refractivity contribution in [2.24, 2.45) is 0 Å². The standard InChI is InChI=1S/C8H11N.Co/c1-7(2)8-5-3-4-6-9-8;/h3-7H,1-2H3;/q;+2. The summed E-state index contributed by atoms with van der Waals surface area (Å²) < 4.78 is 0. The maximum Gasteiger partial charge on any atom is 2.00 e. The third-order valence-electron chi connectivity index (χ3n) is 1.28. The monoisotopic (exact) mass is 180 g/mol. The molecule has 1 heterocycles. The Hall–Kier alpha value is -0.344. The minimum absolute atomic E-state index is 0. The van der Waals surface area contributed by atoms with Crippen LogP contribution in [0.4, 0.5) is 0 Å². The van der Waals surface area contributed by atoms with Crippen molar-refractivity contribution >= 4 is 0 Å². The summed E-state index contributed by atoms with van der Waals surface area (Å²) in [6.07, 6.45) is 1.83. The Kier molecular flexibility index (Phi) is 4.32. The summed E-state index contributed by atoms with van der Waals surface area (Å²) in [5.74, 6) is 0.547. The molecule has 1 rings (SSSR count). The van der Waals surface area contributed by atoms with Gasteiger partial charge in [-0.1, -0.05) is 19.9 Å². The predicted octanol–water partition coefficient (Wildman–Crippen LogP) is 2.20. The maximum atomic E-state index is 4.18. The van der Waals surface area contributed by atoms with E-state index in [2.05, 4.69) is 18.8 Å². The Morgan fingerprint density at radius 2 is 2.00 bits per heavy atom. The second kappa shape index (κ2) is 4.47. The number of hydrogen-bond donors (Lipinski definition) is 0. The maximum absolute atomic E-state index is 4.18. The molecule has 0 amide bonds. The van der Waals surface area contributed by atoms with Gasteiger partial charge in [0.2, 0.25) is 0 Å². The summed E-state index contributed by atoms with van der Waals surface area (Å²) in [4.78, 5) is 4.18. The molecular formula is C8H11CoN+2. The van der Waals surface area contributed by atoms with Crippen LogP contribution in [-0.2, 0) is 16.8 Å². The van der Waals surface area contributed by atoms with Crippen molar-refractivity contribution in [1.29, 1.82) is 0 Å². The fourth-order valence-electron chi connectivity index (χ4n) is 0.717. The number of rotatable bonds is 1. The Balaban J connectivity index is 0.000000810. The Bertz CT molecular complexity index is 172. The molecule has 0 aromatic carbocycles. The molecule has 0 saturated heterocycles. The second-order valence-corrected chi connectivity index (χ2v) is 2.41. The van der Waals surface area contributed by atoms with Crippen LogP contribution in [0.1, 0.15) is 25.5 Å². The smallest absolute Gasteiger partial charge is 0.261 e. The van der Waals surface area contributed by atoms with Crippen molar-refractivity contribution in [2.45, 2.75) is 19.8 Å². The van der Waals surface area contributed by atoms with E-state index in [1.54, 1.807) is 0 Å². The first-order chi connectivity index (χ1) is 4.30. The van der Waals surface area contributed by atoms with Gasteiger partial charge < -0.3 is 0 Å². The van der Waals surface area contributed by atoms with E-state index < -0.39 is 0 Å². The molecule has 0 atom stereocenters. The SMILES string of the molecule is CC(C)c1ccccn1.[Co+2]. The molecule has 0 N–H and O–H groups in total. The van der Waals surface area contributed by atoms with Gasteiger partial charge in [-0.3, -0.25) is 4.98 Å². The van der Waals surface area contributed by atoms with E-state index in [1.807, 2.05) is 24.4 Å². The first-order valence-electron chi connectivity index (χ1n) is 3.21. The molecule has 0 spiro atoms. The second-order valence-electron chi connectivity index (χ2n) is 2.41. The molecule has 10 heavy (non-hydrogen) atoms. The number of aromatic nitrogens is 1. The van der Waals surface area contributed by atoms with Crippen LogP contribution in [0, 0.1) is 0 Å². The van der Waals surface area contributed by atoms with Gasteiger partial charge in [-0.2, -0.15) is 0 Å². The molecule has 0 aliphatic carbocycles. The first kappa shape index (κ1) is 9.66. The van der Waals surface area contributed by atoms with E-state index in [9.17, 15) is 0 Å². The molecule has 1 aromatic heterocycles. The van der Waals surface area contributed by atoms with E-state index in [1.165, 1.54) is 0 Å². The van der Waals surface area contributed by atoms with Gasteiger partial charge in [0.05, 0.1) is 0 Å². The normalized spacial score (nSPS) is 9.10. The number of nitrogens with zero attached hydrogens (tertiary/aromatic N) is 1. The zero-order valence-corrected chi connectivity index (χ0v) is 7.21. The van der Waals surface area contributed by atoms with Crippen LogP contribution >= 0.6 is 0 Å². The largest absolute Gasteiger partial charge is 2.00 e. The zero-order valence-electron chi connectivity index (χ0n) is 6.17. The summed E-state index contributed by atoms with van der Waals surface area (Å²) in [5, 5.41) is 0. The van der Waals surface area contributed by atoms with E-state index >= 15 is 0 Å². The van der Waals surface area contributed by atoms with Crippen molar-refractivity contribution in [2.75, 3.05) is 0 Å². The summed E-state index contributed by atoms with van der Waals surface area (Å²) >= 11 is 0. The van der Waals surface area contributed by atoms with Crippen LogP contribution in [-0.4, -0.2) is 4.98 Å². The van der Waals surface area contributed by atoms with Gasteiger partial charge in [-0.25, -0.2) is 0 Å². The zero-order chi connectivity index (χ0) is 6.69. The molecule has 0 unspecified atom stereocenters. The molecule has 1 aromatic rings. The predicted molar refractivity (Wildman–Crippen MR) is 38.3 cm³/mol. The molecular weight excluding hydrogens is 169 g/mol. The molecule has 55 valence electrons. The summed E-state index contributed by atoms with van der Waals surface area (Å²) in [7, 11) is 0. The van der Waals surface area contributed by atoms with Gasteiger partial charge in [-0.05, 0) is 18.1 Å². The number of pyridine rings is 1. The summed E-state index contributed by atoms with van der Waals surface area (Å²) in [6.45, 7) is 4.28. The van der Waals surface area contributed by atoms with E-state index in [0.29, 0.717) is 5.92 Å². The molecule has 1 nitrogen and oxygen atoms in total. The fourth-order valence-corrected chi connectivity index (χ4v) is 0.717.